The lowest BCUT2D eigenvalue weighted by atomic mass is 9.82. The number of nitrogens with two attached hydrogens (primary N) is 1. The summed E-state index contributed by atoms with van der Waals surface area (Å²) in [6.45, 7) is 0. The smallest absolute Gasteiger partial charge is 0.268 e. The highest BCUT2D eigenvalue weighted by Gasteiger charge is 2.35. The summed E-state index contributed by atoms with van der Waals surface area (Å²) in [7, 11) is 1.88. The number of hydrogen-bond acceptors (Lipinski definition) is 3. The second-order valence-corrected chi connectivity index (χ2v) is 5.30. The number of rotatable bonds is 1. The van der Waals surface area contributed by atoms with Crippen LogP contribution in [0.15, 0.2) is 16.6 Å². The lowest BCUT2D eigenvalue weighted by Gasteiger charge is -2.29. The molecular weight excluding hydrogens is 222 g/mol. The summed E-state index contributed by atoms with van der Waals surface area (Å²) < 4.78 is 1.84. The van der Waals surface area contributed by atoms with E-state index in [-0.39, 0.29) is 5.91 Å². The fourth-order valence-electron chi connectivity index (χ4n) is 2.03. The van der Waals surface area contributed by atoms with Crippen molar-refractivity contribution >= 4 is 17.2 Å². The Morgan fingerprint density at radius 3 is 2.75 bits per heavy atom. The zero-order valence-electron chi connectivity index (χ0n) is 9.48. The number of thiazole rings is 1. The normalized spacial score (nSPS) is 21.0. The summed E-state index contributed by atoms with van der Waals surface area (Å²) in [5, 5.41) is 1.91. The van der Waals surface area contributed by atoms with Crippen LogP contribution in [-0.2, 0) is 11.8 Å². The van der Waals surface area contributed by atoms with Gasteiger partial charge in [0.15, 0.2) is 4.80 Å². The van der Waals surface area contributed by atoms with E-state index in [2.05, 4.69) is 4.99 Å². The molecule has 5 heteroatoms. The van der Waals surface area contributed by atoms with E-state index in [1.807, 2.05) is 23.2 Å². The minimum atomic E-state index is -0.713. The van der Waals surface area contributed by atoms with Gasteiger partial charge in [-0.3, -0.25) is 4.79 Å². The highest BCUT2D eigenvalue weighted by atomic mass is 32.1. The van der Waals surface area contributed by atoms with Crippen LogP contribution in [0.5, 0.6) is 0 Å². The van der Waals surface area contributed by atoms with Crippen molar-refractivity contribution in [2.45, 2.75) is 37.6 Å². The first-order valence-corrected chi connectivity index (χ1v) is 6.48. The maximum atomic E-state index is 12.0. The average Bonchev–Trinajstić information content (AvgIpc) is 2.65. The average molecular weight is 239 g/mol. The van der Waals surface area contributed by atoms with E-state index >= 15 is 0 Å². The molecule has 0 bridgehead atoms. The molecule has 16 heavy (non-hydrogen) atoms. The highest BCUT2D eigenvalue weighted by molar-refractivity contribution is 7.07. The standard InChI is InChI=1S/C11H17N3OS/c1-14-7-8-16-10(14)13-9(15)11(12)5-3-2-4-6-11/h7-8H,2-6,12H2,1H3. The molecule has 0 aromatic carbocycles. The van der Waals surface area contributed by atoms with Crippen LogP contribution in [0.1, 0.15) is 32.1 Å². The Morgan fingerprint density at radius 1 is 1.50 bits per heavy atom. The van der Waals surface area contributed by atoms with Gasteiger partial charge in [0.1, 0.15) is 0 Å². The van der Waals surface area contributed by atoms with Crippen LogP contribution in [0.25, 0.3) is 0 Å². The lowest BCUT2D eigenvalue weighted by molar-refractivity contribution is -0.124. The summed E-state index contributed by atoms with van der Waals surface area (Å²) in [6.07, 6.45) is 6.68. The SMILES string of the molecule is Cn1ccsc1=NC(=O)C1(N)CCCCC1. The first-order chi connectivity index (χ1) is 7.62. The fourth-order valence-corrected chi connectivity index (χ4v) is 2.76. The Hall–Kier alpha value is -0.940. The van der Waals surface area contributed by atoms with E-state index in [0.29, 0.717) is 0 Å². The van der Waals surface area contributed by atoms with Crippen LogP contribution in [0.4, 0.5) is 0 Å². The maximum Gasteiger partial charge on any atom is 0.268 e. The van der Waals surface area contributed by atoms with Crippen molar-refractivity contribution < 1.29 is 4.79 Å². The molecule has 0 atom stereocenters. The molecule has 1 aliphatic carbocycles. The van der Waals surface area contributed by atoms with E-state index in [0.717, 1.165) is 30.5 Å². The molecule has 0 radical (unpaired) electrons. The molecule has 1 aliphatic rings. The van der Waals surface area contributed by atoms with Gasteiger partial charge >= 0.3 is 0 Å². The van der Waals surface area contributed by atoms with Gasteiger partial charge in [-0.2, -0.15) is 4.99 Å². The summed E-state index contributed by atoms with van der Waals surface area (Å²) in [6, 6.07) is 0. The number of aromatic nitrogens is 1. The van der Waals surface area contributed by atoms with Crippen molar-refractivity contribution in [2.75, 3.05) is 0 Å². The zero-order valence-corrected chi connectivity index (χ0v) is 10.3. The third kappa shape index (κ3) is 2.25. The molecule has 1 aromatic heterocycles. The monoisotopic (exact) mass is 239 g/mol. The molecule has 0 spiro atoms. The largest absolute Gasteiger partial charge is 0.327 e. The predicted octanol–water partition coefficient (Wildman–Crippen LogP) is 1.18. The van der Waals surface area contributed by atoms with Gasteiger partial charge in [-0.25, -0.2) is 0 Å². The molecule has 1 aromatic rings. The molecule has 1 fully saturated rings. The van der Waals surface area contributed by atoms with Crippen molar-refractivity contribution in [2.24, 2.45) is 17.8 Å². The van der Waals surface area contributed by atoms with Gasteiger partial charge in [-0.1, -0.05) is 19.3 Å². The summed E-state index contributed by atoms with van der Waals surface area (Å²) >= 11 is 1.46. The van der Waals surface area contributed by atoms with Crippen molar-refractivity contribution in [1.29, 1.82) is 0 Å². The molecule has 1 saturated carbocycles. The molecular formula is C11H17N3OS. The maximum absolute atomic E-state index is 12.0. The third-order valence-corrected chi connectivity index (χ3v) is 3.98. The predicted molar refractivity (Wildman–Crippen MR) is 63.9 cm³/mol. The lowest BCUT2D eigenvalue weighted by Crippen LogP contribution is -2.49. The van der Waals surface area contributed by atoms with E-state index in [1.54, 1.807) is 0 Å². The van der Waals surface area contributed by atoms with E-state index in [4.69, 9.17) is 5.73 Å². The van der Waals surface area contributed by atoms with Crippen molar-refractivity contribution in [3.63, 3.8) is 0 Å². The Kier molecular flexibility index (Phi) is 3.25. The second kappa shape index (κ2) is 4.51. The second-order valence-electron chi connectivity index (χ2n) is 4.43. The molecule has 4 nitrogen and oxygen atoms in total. The molecule has 1 amide bonds. The quantitative estimate of drug-likeness (QED) is 0.800. The molecule has 2 N–H and O–H groups in total. The topological polar surface area (TPSA) is 60.4 Å². The summed E-state index contributed by atoms with van der Waals surface area (Å²) in [5.41, 5.74) is 5.41. The Morgan fingerprint density at radius 2 is 2.19 bits per heavy atom. The van der Waals surface area contributed by atoms with Crippen LogP contribution < -0.4 is 10.5 Å². The number of nitrogens with zero attached hydrogens (tertiary/aromatic N) is 2. The van der Waals surface area contributed by atoms with E-state index < -0.39 is 5.54 Å². The number of hydrogen-bond donors (Lipinski definition) is 1. The van der Waals surface area contributed by atoms with Crippen molar-refractivity contribution in [3.05, 3.63) is 16.4 Å². The van der Waals surface area contributed by atoms with Crippen LogP contribution in [0.2, 0.25) is 0 Å². The summed E-state index contributed by atoms with van der Waals surface area (Å²) in [5.74, 6) is -0.162. The zero-order chi connectivity index (χ0) is 11.6. The van der Waals surface area contributed by atoms with Gasteiger partial charge in [0.05, 0.1) is 5.54 Å². The van der Waals surface area contributed by atoms with Gasteiger partial charge in [0.25, 0.3) is 5.91 Å². The van der Waals surface area contributed by atoms with Crippen molar-refractivity contribution in [1.82, 2.24) is 4.57 Å². The molecule has 0 saturated heterocycles. The molecule has 1 heterocycles. The van der Waals surface area contributed by atoms with Gasteiger partial charge in [0.2, 0.25) is 0 Å². The van der Waals surface area contributed by atoms with Crippen LogP contribution in [-0.4, -0.2) is 16.0 Å². The van der Waals surface area contributed by atoms with Gasteiger partial charge in [-0.15, -0.1) is 11.3 Å². The van der Waals surface area contributed by atoms with Crippen LogP contribution >= 0.6 is 11.3 Å². The fraction of sp³-hybridized carbons (Fsp3) is 0.636. The molecule has 0 aliphatic heterocycles. The van der Waals surface area contributed by atoms with E-state index in [9.17, 15) is 4.79 Å². The van der Waals surface area contributed by atoms with E-state index in [1.165, 1.54) is 17.8 Å². The van der Waals surface area contributed by atoms with Crippen LogP contribution in [0.3, 0.4) is 0 Å². The molecule has 0 unspecified atom stereocenters. The minimum Gasteiger partial charge on any atom is -0.327 e. The highest BCUT2D eigenvalue weighted by Crippen LogP contribution is 2.26. The van der Waals surface area contributed by atoms with Gasteiger partial charge < -0.3 is 10.3 Å². The third-order valence-electron chi connectivity index (χ3n) is 3.13. The first-order valence-electron chi connectivity index (χ1n) is 5.60. The number of aryl methyl sites for hydroxylation is 1. The number of carbonyl (C=O) groups excluding carboxylic acids is 1. The number of amides is 1. The van der Waals surface area contributed by atoms with Crippen molar-refractivity contribution in [3.8, 4) is 0 Å². The number of carbonyl (C=O) groups is 1. The molecule has 2 rings (SSSR count). The Labute approximate surface area is 98.8 Å². The van der Waals surface area contributed by atoms with Gasteiger partial charge in [0, 0.05) is 18.6 Å². The Bertz CT molecular complexity index is 440. The summed E-state index contributed by atoms with van der Waals surface area (Å²) in [4.78, 5) is 16.9. The molecule has 88 valence electrons. The van der Waals surface area contributed by atoms with Crippen LogP contribution in [0, 0.1) is 0 Å². The minimum absolute atomic E-state index is 0.162. The van der Waals surface area contributed by atoms with Gasteiger partial charge in [-0.05, 0) is 12.8 Å². The first kappa shape index (κ1) is 11.5. The Balaban J connectivity index is 2.23.